The van der Waals surface area contributed by atoms with Crippen LogP contribution >= 0.6 is 22.9 Å². The maximum Gasteiger partial charge on any atom is 0.326 e. The van der Waals surface area contributed by atoms with Crippen molar-refractivity contribution in [3.05, 3.63) is 77.3 Å². The zero-order chi connectivity index (χ0) is 24.5. The fourth-order valence-electron chi connectivity index (χ4n) is 3.50. The van der Waals surface area contributed by atoms with Crippen LogP contribution in [-0.2, 0) is 4.79 Å². The van der Waals surface area contributed by atoms with Crippen molar-refractivity contribution < 1.29 is 14.7 Å². The summed E-state index contributed by atoms with van der Waals surface area (Å²) in [6.45, 7) is 5.33. The molecule has 0 saturated heterocycles. The molecule has 1 amide bonds. The molecule has 1 atom stereocenters. The number of aliphatic carboxylic acids is 1. The van der Waals surface area contributed by atoms with E-state index in [4.69, 9.17) is 11.6 Å². The van der Waals surface area contributed by atoms with Crippen LogP contribution in [0.2, 0.25) is 5.02 Å². The van der Waals surface area contributed by atoms with Crippen molar-refractivity contribution in [2.45, 2.75) is 26.8 Å². The number of halogens is 1. The number of anilines is 2. The summed E-state index contributed by atoms with van der Waals surface area (Å²) in [4.78, 5) is 28.7. The number of carbonyl (C=O) groups excluding carboxylic acids is 1. The summed E-state index contributed by atoms with van der Waals surface area (Å²) in [6.07, 6.45) is 0. The van der Waals surface area contributed by atoms with Gasteiger partial charge in [-0.2, -0.15) is 0 Å². The minimum atomic E-state index is -1.05. The lowest BCUT2D eigenvalue weighted by atomic mass is 9.86. The van der Waals surface area contributed by atoms with Gasteiger partial charge in [0.25, 0.3) is 5.91 Å². The number of rotatable bonds is 6. The maximum atomic E-state index is 12.6. The van der Waals surface area contributed by atoms with E-state index in [1.165, 1.54) is 11.3 Å². The van der Waals surface area contributed by atoms with Crippen molar-refractivity contribution in [1.29, 1.82) is 0 Å². The molecule has 34 heavy (non-hydrogen) atoms. The zero-order valence-electron chi connectivity index (χ0n) is 18.9. The molecule has 8 heteroatoms. The van der Waals surface area contributed by atoms with Gasteiger partial charge in [-0.25, -0.2) is 9.78 Å². The fourth-order valence-corrected chi connectivity index (χ4v) is 4.66. The summed E-state index contributed by atoms with van der Waals surface area (Å²) < 4.78 is 1.02. The van der Waals surface area contributed by atoms with Gasteiger partial charge in [0.15, 0.2) is 5.13 Å². The van der Waals surface area contributed by atoms with Crippen LogP contribution in [-0.4, -0.2) is 28.0 Å². The number of hydrogen-bond acceptors (Lipinski definition) is 5. The van der Waals surface area contributed by atoms with Crippen LogP contribution in [0.3, 0.4) is 0 Å². The smallest absolute Gasteiger partial charge is 0.326 e. The average Bonchev–Trinajstić information content (AvgIpc) is 3.18. The van der Waals surface area contributed by atoms with Gasteiger partial charge >= 0.3 is 5.97 Å². The van der Waals surface area contributed by atoms with E-state index in [2.05, 4.69) is 15.6 Å². The lowest BCUT2D eigenvalue weighted by molar-refractivity contribution is -0.142. The second-order valence-electron chi connectivity index (χ2n) is 9.02. The molecular formula is C26H24ClN3O3S. The first-order valence-electron chi connectivity index (χ1n) is 10.7. The molecule has 4 aromatic rings. The molecule has 1 aromatic heterocycles. The summed E-state index contributed by atoms with van der Waals surface area (Å²) in [5, 5.41) is 16.8. The Labute approximate surface area is 206 Å². The van der Waals surface area contributed by atoms with Crippen LogP contribution in [0.1, 0.15) is 31.1 Å². The van der Waals surface area contributed by atoms with E-state index < -0.39 is 23.3 Å². The lowest BCUT2D eigenvalue weighted by Crippen LogP contribution is -2.49. The highest BCUT2D eigenvalue weighted by Crippen LogP contribution is 2.31. The van der Waals surface area contributed by atoms with Crippen LogP contribution < -0.4 is 10.6 Å². The minimum Gasteiger partial charge on any atom is -0.480 e. The Morgan fingerprint density at radius 2 is 1.59 bits per heavy atom. The van der Waals surface area contributed by atoms with Crippen LogP contribution in [0.5, 0.6) is 0 Å². The number of nitrogens with one attached hydrogen (secondary N) is 2. The molecule has 3 N–H and O–H groups in total. The summed E-state index contributed by atoms with van der Waals surface area (Å²) in [6, 6.07) is 19.7. The summed E-state index contributed by atoms with van der Waals surface area (Å²) >= 11 is 7.59. The number of hydrogen-bond donors (Lipinski definition) is 3. The van der Waals surface area contributed by atoms with Crippen LogP contribution in [0.15, 0.2) is 66.7 Å². The predicted octanol–water partition coefficient (Wildman–Crippen LogP) is 6.59. The van der Waals surface area contributed by atoms with Crippen molar-refractivity contribution in [1.82, 2.24) is 10.3 Å². The van der Waals surface area contributed by atoms with Gasteiger partial charge in [0.1, 0.15) is 6.04 Å². The first kappa shape index (κ1) is 23.7. The Hall–Kier alpha value is -3.42. The number of carbonyl (C=O) groups is 2. The van der Waals surface area contributed by atoms with E-state index in [0.29, 0.717) is 10.6 Å². The molecule has 0 aliphatic heterocycles. The van der Waals surface area contributed by atoms with Crippen LogP contribution in [0, 0.1) is 5.41 Å². The van der Waals surface area contributed by atoms with E-state index in [-0.39, 0.29) is 0 Å². The van der Waals surface area contributed by atoms with Crippen molar-refractivity contribution in [3.63, 3.8) is 0 Å². The first-order chi connectivity index (χ1) is 16.1. The van der Waals surface area contributed by atoms with E-state index in [9.17, 15) is 14.7 Å². The monoisotopic (exact) mass is 493 g/mol. The van der Waals surface area contributed by atoms with E-state index >= 15 is 0 Å². The van der Waals surface area contributed by atoms with Gasteiger partial charge in [-0.1, -0.05) is 68.0 Å². The third-order valence-electron chi connectivity index (χ3n) is 5.36. The lowest BCUT2D eigenvalue weighted by Gasteiger charge is -2.27. The maximum absolute atomic E-state index is 12.6. The number of fused-ring (bicyclic) bond motifs is 1. The molecular weight excluding hydrogens is 470 g/mol. The van der Waals surface area contributed by atoms with Crippen LogP contribution in [0.4, 0.5) is 10.8 Å². The van der Waals surface area contributed by atoms with Gasteiger partial charge in [0, 0.05) is 16.3 Å². The third-order valence-corrected chi connectivity index (χ3v) is 6.52. The molecule has 0 spiro atoms. The fraction of sp³-hybridized carbons (Fsp3) is 0.192. The number of carboxylic acids is 1. The van der Waals surface area contributed by atoms with Gasteiger partial charge in [-0.15, -0.1) is 0 Å². The van der Waals surface area contributed by atoms with Gasteiger partial charge in [-0.05, 0) is 59.0 Å². The van der Waals surface area contributed by atoms with E-state index in [1.807, 2.05) is 54.6 Å². The Bertz CT molecular complexity index is 1340. The van der Waals surface area contributed by atoms with Crippen molar-refractivity contribution in [2.24, 2.45) is 5.41 Å². The number of carboxylic acid groups (broad SMARTS) is 1. The highest BCUT2D eigenvalue weighted by atomic mass is 35.5. The van der Waals surface area contributed by atoms with Crippen LogP contribution in [0.25, 0.3) is 21.3 Å². The molecule has 174 valence electrons. The van der Waals surface area contributed by atoms with E-state index in [0.717, 1.165) is 32.2 Å². The molecule has 0 saturated carbocycles. The number of aromatic nitrogens is 1. The standard InChI is InChI=1S/C26H24ClN3O3S/c1-26(2,3)22(24(32)33)30-23(31)17-6-4-15(5-7-17)16-8-11-19(12-9-16)28-25-29-20-13-10-18(27)14-21(20)34-25/h4-14,22H,1-3H3,(H,28,29)(H,30,31)(H,32,33)/t22-/m1/s1. The van der Waals surface area contributed by atoms with Gasteiger partial charge in [0.2, 0.25) is 0 Å². The van der Waals surface area contributed by atoms with Crippen molar-refractivity contribution in [2.75, 3.05) is 5.32 Å². The Morgan fingerprint density at radius 1 is 0.971 bits per heavy atom. The molecule has 0 aliphatic rings. The molecule has 0 aliphatic carbocycles. The largest absolute Gasteiger partial charge is 0.480 e. The molecule has 6 nitrogen and oxygen atoms in total. The normalized spacial score (nSPS) is 12.4. The third kappa shape index (κ3) is 5.38. The highest BCUT2D eigenvalue weighted by Gasteiger charge is 2.32. The summed E-state index contributed by atoms with van der Waals surface area (Å²) in [7, 11) is 0. The Balaban J connectivity index is 1.44. The molecule has 3 aromatic carbocycles. The quantitative estimate of drug-likeness (QED) is 0.282. The molecule has 0 unspecified atom stereocenters. The van der Waals surface area contributed by atoms with Gasteiger partial charge < -0.3 is 15.7 Å². The average molecular weight is 494 g/mol. The molecule has 0 fully saturated rings. The topological polar surface area (TPSA) is 91.3 Å². The number of benzene rings is 3. The Kier molecular flexibility index (Phi) is 6.59. The zero-order valence-corrected chi connectivity index (χ0v) is 20.5. The predicted molar refractivity (Wildman–Crippen MR) is 138 cm³/mol. The van der Waals surface area contributed by atoms with E-state index in [1.54, 1.807) is 32.9 Å². The van der Waals surface area contributed by atoms with Gasteiger partial charge in [-0.3, -0.25) is 4.79 Å². The molecule has 4 rings (SSSR count). The summed E-state index contributed by atoms with van der Waals surface area (Å²) in [5.74, 6) is -1.47. The van der Waals surface area contributed by atoms with Gasteiger partial charge in [0.05, 0.1) is 10.2 Å². The molecule has 0 bridgehead atoms. The second-order valence-corrected chi connectivity index (χ2v) is 10.5. The SMILES string of the molecule is CC(C)(C)[C@H](NC(=O)c1ccc(-c2ccc(Nc3nc4ccc(Cl)cc4s3)cc2)cc1)C(=O)O. The number of thiazole rings is 1. The minimum absolute atomic E-state index is 0.411. The second kappa shape index (κ2) is 9.44. The molecule has 0 radical (unpaired) electrons. The number of amides is 1. The van der Waals surface area contributed by atoms with Crippen molar-refractivity contribution >= 4 is 55.8 Å². The van der Waals surface area contributed by atoms with Crippen molar-refractivity contribution in [3.8, 4) is 11.1 Å². The number of nitrogens with zero attached hydrogens (tertiary/aromatic N) is 1. The summed E-state index contributed by atoms with van der Waals surface area (Å²) in [5.41, 5.74) is 3.56. The highest BCUT2D eigenvalue weighted by molar-refractivity contribution is 7.22. The Morgan fingerprint density at radius 3 is 2.18 bits per heavy atom. The first-order valence-corrected chi connectivity index (χ1v) is 11.9. The molecule has 1 heterocycles.